The number of rotatable bonds is 6. The zero-order valence-electron chi connectivity index (χ0n) is 12.2. The van der Waals surface area contributed by atoms with Gasteiger partial charge in [-0.25, -0.2) is 5.43 Å². The predicted molar refractivity (Wildman–Crippen MR) is 84.6 cm³/mol. The maximum Gasteiger partial charge on any atom is 0.259 e. The van der Waals surface area contributed by atoms with Gasteiger partial charge < -0.3 is 10.1 Å². The molecule has 1 aromatic carbocycles. The van der Waals surface area contributed by atoms with Crippen molar-refractivity contribution in [1.29, 1.82) is 0 Å². The fourth-order valence-electron chi connectivity index (χ4n) is 2.10. The van der Waals surface area contributed by atoms with Gasteiger partial charge in [-0.05, 0) is 49.4 Å². The van der Waals surface area contributed by atoms with Crippen LogP contribution in [0.2, 0.25) is 0 Å². The number of carbonyl (C=O) groups excluding carboxylic acids is 1. The van der Waals surface area contributed by atoms with Gasteiger partial charge in [0.2, 0.25) is 0 Å². The smallest absolute Gasteiger partial charge is 0.259 e. The second kappa shape index (κ2) is 8.09. The van der Waals surface area contributed by atoms with Crippen LogP contribution in [0.1, 0.15) is 19.3 Å². The molecule has 0 heterocycles. The summed E-state index contributed by atoms with van der Waals surface area (Å²) in [6.07, 6.45) is 9.36. The SMILES string of the molecule is COc1ccc(NCC(=O)N/N=C\[C@@H]2CC=CCC2)cc1. The van der Waals surface area contributed by atoms with E-state index >= 15 is 0 Å². The van der Waals surface area contributed by atoms with Crippen LogP contribution in [0.5, 0.6) is 5.75 Å². The number of methoxy groups -OCH3 is 1. The zero-order valence-corrected chi connectivity index (χ0v) is 12.2. The lowest BCUT2D eigenvalue weighted by atomic mass is 9.96. The van der Waals surface area contributed by atoms with Gasteiger partial charge in [0, 0.05) is 11.9 Å². The number of hydrazone groups is 1. The summed E-state index contributed by atoms with van der Waals surface area (Å²) >= 11 is 0. The number of amides is 1. The molecule has 0 unspecified atom stereocenters. The molecule has 1 amide bonds. The third-order valence-corrected chi connectivity index (χ3v) is 3.33. The molecular formula is C16H21N3O2. The third kappa shape index (κ3) is 5.30. The first-order valence-electron chi connectivity index (χ1n) is 7.13. The molecule has 1 atom stereocenters. The fourth-order valence-corrected chi connectivity index (χ4v) is 2.10. The Kier molecular flexibility index (Phi) is 5.82. The van der Waals surface area contributed by atoms with Crippen LogP contribution >= 0.6 is 0 Å². The molecule has 0 saturated heterocycles. The zero-order chi connectivity index (χ0) is 14.9. The Morgan fingerprint density at radius 2 is 2.19 bits per heavy atom. The van der Waals surface area contributed by atoms with Gasteiger partial charge in [0.25, 0.3) is 5.91 Å². The van der Waals surface area contributed by atoms with Crippen molar-refractivity contribution in [2.75, 3.05) is 19.0 Å². The summed E-state index contributed by atoms with van der Waals surface area (Å²) in [4.78, 5) is 11.7. The highest BCUT2D eigenvalue weighted by molar-refractivity contribution is 5.81. The summed E-state index contributed by atoms with van der Waals surface area (Å²) in [5.41, 5.74) is 3.41. The largest absolute Gasteiger partial charge is 0.497 e. The van der Waals surface area contributed by atoms with Crippen molar-refractivity contribution in [2.24, 2.45) is 11.0 Å². The normalized spacial score (nSPS) is 17.7. The van der Waals surface area contributed by atoms with Crippen LogP contribution < -0.4 is 15.5 Å². The second-order valence-corrected chi connectivity index (χ2v) is 4.94. The monoisotopic (exact) mass is 287 g/mol. The summed E-state index contributed by atoms with van der Waals surface area (Å²) in [5.74, 6) is 1.06. The maximum absolute atomic E-state index is 11.7. The predicted octanol–water partition coefficient (Wildman–Crippen LogP) is 2.57. The molecule has 0 bridgehead atoms. The Bertz CT molecular complexity index is 509. The van der Waals surface area contributed by atoms with E-state index in [0.717, 1.165) is 30.7 Å². The molecule has 0 fully saturated rings. The number of anilines is 1. The molecule has 1 aliphatic carbocycles. The Morgan fingerprint density at radius 1 is 1.38 bits per heavy atom. The number of hydrogen-bond acceptors (Lipinski definition) is 4. The van der Waals surface area contributed by atoms with E-state index in [1.807, 2.05) is 30.5 Å². The van der Waals surface area contributed by atoms with Crippen LogP contribution in [0, 0.1) is 5.92 Å². The van der Waals surface area contributed by atoms with Crippen molar-refractivity contribution in [1.82, 2.24) is 5.43 Å². The van der Waals surface area contributed by atoms with Crippen LogP contribution in [-0.2, 0) is 4.79 Å². The van der Waals surface area contributed by atoms with Gasteiger partial charge in [0.15, 0.2) is 0 Å². The van der Waals surface area contributed by atoms with E-state index in [0.29, 0.717) is 5.92 Å². The minimum atomic E-state index is -0.159. The lowest BCUT2D eigenvalue weighted by Crippen LogP contribution is -2.26. The van der Waals surface area contributed by atoms with Gasteiger partial charge in [-0.15, -0.1) is 0 Å². The quantitative estimate of drug-likeness (QED) is 0.480. The molecule has 112 valence electrons. The van der Waals surface area contributed by atoms with Crippen LogP contribution in [0.3, 0.4) is 0 Å². The van der Waals surface area contributed by atoms with Crippen molar-refractivity contribution in [3.8, 4) is 5.75 Å². The van der Waals surface area contributed by atoms with Crippen LogP contribution in [0.15, 0.2) is 41.5 Å². The number of ether oxygens (including phenoxy) is 1. The molecular weight excluding hydrogens is 266 g/mol. The van der Waals surface area contributed by atoms with Crippen molar-refractivity contribution < 1.29 is 9.53 Å². The molecule has 1 aliphatic rings. The summed E-state index contributed by atoms with van der Waals surface area (Å²) in [5, 5.41) is 7.05. The number of hydrogen-bond donors (Lipinski definition) is 2. The van der Waals surface area contributed by atoms with Crippen molar-refractivity contribution in [3.63, 3.8) is 0 Å². The van der Waals surface area contributed by atoms with E-state index in [1.54, 1.807) is 7.11 Å². The highest BCUT2D eigenvalue weighted by Gasteiger charge is 2.06. The van der Waals surface area contributed by atoms with Gasteiger partial charge in [-0.1, -0.05) is 12.2 Å². The Hall–Kier alpha value is -2.30. The first kappa shape index (κ1) is 15.1. The van der Waals surface area contributed by atoms with Gasteiger partial charge in [0.05, 0.1) is 13.7 Å². The average Bonchev–Trinajstić information content (AvgIpc) is 2.54. The summed E-state index contributed by atoms with van der Waals surface area (Å²) < 4.78 is 5.07. The molecule has 2 N–H and O–H groups in total. The first-order valence-corrected chi connectivity index (χ1v) is 7.13. The highest BCUT2D eigenvalue weighted by atomic mass is 16.5. The average molecular weight is 287 g/mol. The van der Waals surface area contributed by atoms with Crippen LogP contribution in [-0.4, -0.2) is 25.8 Å². The minimum Gasteiger partial charge on any atom is -0.497 e. The van der Waals surface area contributed by atoms with Gasteiger partial charge in [-0.3, -0.25) is 4.79 Å². The van der Waals surface area contributed by atoms with Crippen LogP contribution in [0.25, 0.3) is 0 Å². The molecule has 0 saturated carbocycles. The van der Waals surface area contributed by atoms with E-state index in [1.165, 1.54) is 0 Å². The molecule has 2 rings (SSSR count). The summed E-state index contributed by atoms with van der Waals surface area (Å²) in [7, 11) is 1.62. The second-order valence-electron chi connectivity index (χ2n) is 4.94. The lowest BCUT2D eigenvalue weighted by molar-refractivity contribution is -0.119. The molecule has 21 heavy (non-hydrogen) atoms. The van der Waals surface area contributed by atoms with Crippen molar-refractivity contribution >= 4 is 17.8 Å². The summed E-state index contributed by atoms with van der Waals surface area (Å²) in [6, 6.07) is 7.41. The summed E-state index contributed by atoms with van der Waals surface area (Å²) in [6.45, 7) is 0.189. The highest BCUT2D eigenvalue weighted by Crippen LogP contribution is 2.16. The molecule has 0 aliphatic heterocycles. The molecule has 5 heteroatoms. The van der Waals surface area contributed by atoms with Crippen LogP contribution in [0.4, 0.5) is 5.69 Å². The molecule has 5 nitrogen and oxygen atoms in total. The minimum absolute atomic E-state index is 0.159. The Balaban J connectivity index is 1.69. The topological polar surface area (TPSA) is 62.7 Å². The van der Waals surface area contributed by atoms with Gasteiger partial charge in [-0.2, -0.15) is 5.10 Å². The number of allylic oxidation sites excluding steroid dienone is 2. The van der Waals surface area contributed by atoms with Crippen molar-refractivity contribution in [3.05, 3.63) is 36.4 Å². The molecule has 0 radical (unpaired) electrons. The Morgan fingerprint density at radius 3 is 2.86 bits per heavy atom. The molecule has 1 aromatic rings. The standard InChI is InChI=1S/C16H21N3O2/c1-21-15-9-7-14(8-10-15)17-12-16(20)19-18-11-13-5-3-2-4-6-13/h2-3,7-11,13,17H,4-6,12H2,1H3,(H,19,20)/b18-11-/t13-/m1/s1. The van der Waals surface area contributed by atoms with Gasteiger partial charge in [0.1, 0.15) is 5.75 Å². The van der Waals surface area contributed by atoms with E-state index in [9.17, 15) is 4.79 Å². The number of nitrogens with one attached hydrogen (secondary N) is 2. The van der Waals surface area contributed by atoms with E-state index in [-0.39, 0.29) is 12.5 Å². The Labute approximate surface area is 125 Å². The third-order valence-electron chi connectivity index (χ3n) is 3.33. The fraction of sp³-hybridized carbons (Fsp3) is 0.375. The number of nitrogens with zero attached hydrogens (tertiary/aromatic N) is 1. The molecule has 0 spiro atoms. The van der Waals surface area contributed by atoms with E-state index in [2.05, 4.69) is 28.0 Å². The number of carbonyl (C=O) groups is 1. The van der Waals surface area contributed by atoms with E-state index in [4.69, 9.17) is 4.74 Å². The van der Waals surface area contributed by atoms with Crippen molar-refractivity contribution in [2.45, 2.75) is 19.3 Å². The maximum atomic E-state index is 11.7. The molecule has 0 aromatic heterocycles. The first-order chi connectivity index (χ1) is 10.3. The van der Waals surface area contributed by atoms with Gasteiger partial charge >= 0.3 is 0 Å². The number of benzene rings is 1. The van der Waals surface area contributed by atoms with E-state index < -0.39 is 0 Å². The lowest BCUT2D eigenvalue weighted by Gasteiger charge is -2.11.